The predicted molar refractivity (Wildman–Crippen MR) is 132 cm³/mol. The Hall–Kier alpha value is -4.45. The van der Waals surface area contributed by atoms with E-state index >= 15 is 0 Å². The second-order valence-corrected chi connectivity index (χ2v) is 8.08. The zero-order valence-corrected chi connectivity index (χ0v) is 20.4. The largest absolute Gasteiger partial charge is 0.490 e. The zero-order chi connectivity index (χ0) is 27.9. The number of carbonyl (C=O) groups is 3. The molecule has 0 radical (unpaired) electrons. The van der Waals surface area contributed by atoms with E-state index in [2.05, 4.69) is 10.3 Å². The van der Waals surface area contributed by atoms with Crippen LogP contribution in [0, 0.1) is 6.92 Å². The van der Waals surface area contributed by atoms with Crippen molar-refractivity contribution in [1.29, 1.82) is 0 Å². The van der Waals surface area contributed by atoms with Gasteiger partial charge in [-0.05, 0) is 42.3 Å². The minimum Gasteiger partial charge on any atom is -0.490 e. The number of nitrogens with one attached hydrogen (secondary N) is 2. The Kier molecular flexibility index (Phi) is 9.02. The minimum absolute atomic E-state index is 0.0123. The number of hydrogen-bond acceptors (Lipinski definition) is 6. The van der Waals surface area contributed by atoms with Crippen molar-refractivity contribution in [3.8, 4) is 16.9 Å². The Labute approximate surface area is 215 Å². The summed E-state index contributed by atoms with van der Waals surface area (Å²) in [5.41, 5.74) is 0.423. The monoisotopic (exact) mass is 531 g/mol. The van der Waals surface area contributed by atoms with Gasteiger partial charge < -0.3 is 19.9 Å². The number of anilines is 2. The van der Waals surface area contributed by atoms with Gasteiger partial charge in [-0.15, -0.1) is 0 Å². The summed E-state index contributed by atoms with van der Waals surface area (Å²) in [4.78, 5) is 40.8. The third kappa shape index (κ3) is 7.53. The smallest absolute Gasteiger partial charge is 0.420 e. The number of rotatable bonds is 10. The summed E-state index contributed by atoms with van der Waals surface area (Å²) >= 11 is 0. The molecule has 2 aromatic carbocycles. The first kappa shape index (κ1) is 28.1. The number of benzene rings is 2. The van der Waals surface area contributed by atoms with Gasteiger partial charge in [-0.2, -0.15) is 13.2 Å². The first-order chi connectivity index (χ1) is 18.0. The molecule has 0 spiro atoms. The molecule has 0 bridgehead atoms. The van der Waals surface area contributed by atoms with Crippen LogP contribution in [0.2, 0.25) is 0 Å². The van der Waals surface area contributed by atoms with E-state index in [0.717, 1.165) is 17.3 Å². The second kappa shape index (κ2) is 12.2. The van der Waals surface area contributed by atoms with Crippen molar-refractivity contribution < 1.29 is 42.1 Å². The number of carboxylic acid groups (broad SMARTS) is 1. The molecule has 0 atom stereocenters. The number of hydrogen-bond donors (Lipinski definition) is 3. The first-order valence-corrected chi connectivity index (χ1v) is 11.2. The number of ether oxygens (including phenoxy) is 2. The molecule has 0 aliphatic heterocycles. The van der Waals surface area contributed by atoms with Crippen LogP contribution in [0.25, 0.3) is 11.1 Å². The highest BCUT2D eigenvalue weighted by Gasteiger charge is 2.36. The van der Waals surface area contributed by atoms with Crippen molar-refractivity contribution in [2.45, 2.75) is 19.5 Å². The van der Waals surface area contributed by atoms with E-state index in [1.54, 1.807) is 30.5 Å². The van der Waals surface area contributed by atoms with Gasteiger partial charge in [-0.25, -0.2) is 4.79 Å². The summed E-state index contributed by atoms with van der Waals surface area (Å²) in [6.07, 6.45) is -5.54. The summed E-state index contributed by atoms with van der Waals surface area (Å²) in [5, 5.41) is 13.3. The molecule has 1 aromatic heterocycles. The highest BCUT2D eigenvalue weighted by Crippen LogP contribution is 2.41. The summed E-state index contributed by atoms with van der Waals surface area (Å²) < 4.78 is 50.9. The number of halogens is 3. The fraction of sp³-hybridized carbons (Fsp3) is 0.231. The maximum absolute atomic E-state index is 13.7. The van der Waals surface area contributed by atoms with Gasteiger partial charge >= 0.3 is 12.3 Å². The molecule has 0 unspecified atom stereocenters. The van der Waals surface area contributed by atoms with E-state index in [4.69, 9.17) is 14.6 Å². The van der Waals surface area contributed by atoms with Gasteiger partial charge in [-0.3, -0.25) is 19.9 Å². The molecule has 3 N–H and O–H groups in total. The molecule has 12 heteroatoms. The third-order valence-corrected chi connectivity index (χ3v) is 5.22. The molecule has 9 nitrogen and oxygen atoms in total. The number of aryl methyl sites for hydroxylation is 1. The fourth-order valence-electron chi connectivity index (χ4n) is 3.52. The van der Waals surface area contributed by atoms with E-state index in [9.17, 15) is 27.6 Å². The van der Waals surface area contributed by atoms with Gasteiger partial charge in [0.1, 0.15) is 12.4 Å². The highest BCUT2D eigenvalue weighted by atomic mass is 19.4. The molecule has 0 saturated carbocycles. The second-order valence-electron chi connectivity index (χ2n) is 8.08. The fourth-order valence-corrected chi connectivity index (χ4v) is 3.52. The average Bonchev–Trinajstić information content (AvgIpc) is 2.84. The zero-order valence-electron chi connectivity index (χ0n) is 20.4. The van der Waals surface area contributed by atoms with Crippen LogP contribution in [0.1, 0.15) is 28.0 Å². The van der Waals surface area contributed by atoms with Crippen molar-refractivity contribution >= 4 is 29.2 Å². The number of methoxy groups -OCH3 is 1. The molecular formula is C26H24F3N3O6. The Bertz CT molecular complexity index is 1340. The van der Waals surface area contributed by atoms with Crippen LogP contribution in [0.4, 0.5) is 29.3 Å². The predicted octanol–water partition coefficient (Wildman–Crippen LogP) is 5.40. The molecule has 200 valence electrons. The third-order valence-electron chi connectivity index (χ3n) is 5.22. The molecule has 3 aromatic rings. The minimum atomic E-state index is -4.88. The number of ketones is 1. The molecule has 0 aliphatic rings. The van der Waals surface area contributed by atoms with Gasteiger partial charge in [0.05, 0.1) is 30.0 Å². The molecular weight excluding hydrogens is 507 g/mol. The van der Waals surface area contributed by atoms with Crippen molar-refractivity contribution in [3.05, 3.63) is 71.5 Å². The van der Waals surface area contributed by atoms with Gasteiger partial charge in [0.15, 0.2) is 5.78 Å². The summed E-state index contributed by atoms with van der Waals surface area (Å²) in [7, 11) is 1.34. The van der Waals surface area contributed by atoms with Gasteiger partial charge in [-0.1, -0.05) is 18.2 Å². The van der Waals surface area contributed by atoms with E-state index in [-0.39, 0.29) is 24.5 Å². The number of amides is 2. The number of alkyl halides is 3. The van der Waals surface area contributed by atoms with Crippen molar-refractivity contribution in [2.24, 2.45) is 0 Å². The van der Waals surface area contributed by atoms with Crippen molar-refractivity contribution in [3.63, 3.8) is 0 Å². The van der Waals surface area contributed by atoms with E-state index in [0.29, 0.717) is 11.6 Å². The van der Waals surface area contributed by atoms with Gasteiger partial charge in [0, 0.05) is 30.6 Å². The molecule has 0 fully saturated rings. The summed E-state index contributed by atoms with van der Waals surface area (Å²) in [6.45, 7) is 1.57. The number of carbonyl (C=O) groups excluding carboxylic acids is 2. The van der Waals surface area contributed by atoms with Gasteiger partial charge in [0.2, 0.25) is 5.91 Å². The number of aromatic nitrogens is 1. The first-order valence-electron chi connectivity index (χ1n) is 11.2. The van der Waals surface area contributed by atoms with Crippen LogP contribution in [-0.4, -0.2) is 48.2 Å². The molecule has 38 heavy (non-hydrogen) atoms. The quantitative estimate of drug-likeness (QED) is 0.182. The van der Waals surface area contributed by atoms with E-state index < -0.39 is 47.4 Å². The Balaban J connectivity index is 1.85. The lowest BCUT2D eigenvalue weighted by atomic mass is 10.0. The molecule has 3 rings (SSSR count). The lowest BCUT2D eigenvalue weighted by Crippen LogP contribution is -2.20. The van der Waals surface area contributed by atoms with Crippen LogP contribution in [0.15, 0.2) is 54.7 Å². The Morgan fingerprint density at radius 3 is 2.34 bits per heavy atom. The topological polar surface area (TPSA) is 127 Å². The molecule has 2 amide bonds. The maximum Gasteiger partial charge on any atom is 0.420 e. The SMILES string of the molecule is COCCOc1cc(NC(=O)O)c(NC(=O)CC(=O)c2cccc(-c3ccnc(C)c3)c2)cc1C(F)(F)F. The molecule has 1 heterocycles. The lowest BCUT2D eigenvalue weighted by Gasteiger charge is -2.19. The van der Waals surface area contributed by atoms with E-state index in [1.807, 2.05) is 18.3 Å². The van der Waals surface area contributed by atoms with Crippen LogP contribution >= 0.6 is 0 Å². The van der Waals surface area contributed by atoms with Crippen LogP contribution in [-0.2, 0) is 15.7 Å². The Morgan fingerprint density at radius 2 is 1.68 bits per heavy atom. The summed E-state index contributed by atoms with van der Waals surface area (Å²) in [6, 6.07) is 11.5. The average molecular weight is 531 g/mol. The molecule has 0 aliphatic carbocycles. The number of Topliss-reactive ketones (excluding diaryl/α,β-unsaturated/α-hetero) is 1. The van der Waals surface area contributed by atoms with Crippen LogP contribution in [0.5, 0.6) is 5.75 Å². The normalized spacial score (nSPS) is 11.1. The molecule has 0 saturated heterocycles. The summed E-state index contributed by atoms with van der Waals surface area (Å²) in [5.74, 6) is -2.18. The van der Waals surface area contributed by atoms with Crippen molar-refractivity contribution in [1.82, 2.24) is 4.98 Å². The number of nitrogens with zero attached hydrogens (tertiary/aromatic N) is 1. The maximum atomic E-state index is 13.7. The van der Waals surface area contributed by atoms with Gasteiger partial charge in [0.25, 0.3) is 0 Å². The van der Waals surface area contributed by atoms with Crippen molar-refractivity contribution in [2.75, 3.05) is 31.0 Å². The van der Waals surface area contributed by atoms with Crippen LogP contribution < -0.4 is 15.4 Å². The number of pyridine rings is 1. The standard InChI is InChI=1S/C26H24F3N3O6/c1-15-10-17(6-7-30-15)16-4-3-5-18(11-16)22(33)14-24(34)31-20-12-19(26(27,28)29)23(38-9-8-37-2)13-21(20)32-25(35)36/h3-7,10-13,32H,8-9,14H2,1-2H3,(H,31,34)(H,35,36). The Morgan fingerprint density at radius 1 is 0.974 bits per heavy atom. The van der Waals surface area contributed by atoms with Crippen LogP contribution in [0.3, 0.4) is 0 Å². The lowest BCUT2D eigenvalue weighted by molar-refractivity contribution is -0.139. The highest BCUT2D eigenvalue weighted by molar-refractivity contribution is 6.12. The van der Waals surface area contributed by atoms with E-state index in [1.165, 1.54) is 13.2 Å².